The third kappa shape index (κ3) is 3.31. The van der Waals surface area contributed by atoms with Gasteiger partial charge in [-0.2, -0.15) is 13.2 Å². The van der Waals surface area contributed by atoms with Gasteiger partial charge in [0, 0.05) is 49.7 Å². The molecule has 34 heavy (non-hydrogen) atoms. The van der Waals surface area contributed by atoms with Crippen molar-refractivity contribution < 1.29 is 27.4 Å². The van der Waals surface area contributed by atoms with E-state index in [0.717, 1.165) is 31.7 Å². The van der Waals surface area contributed by atoms with E-state index in [4.69, 9.17) is 9.47 Å². The van der Waals surface area contributed by atoms with Crippen LogP contribution in [0, 0.1) is 17.3 Å². The highest BCUT2D eigenvalue weighted by Crippen LogP contribution is 2.72. The Hall–Kier alpha value is -1.80. The molecule has 5 fully saturated rings. The summed E-state index contributed by atoms with van der Waals surface area (Å²) in [4.78, 5) is 17.2. The third-order valence-electron chi connectivity index (χ3n) is 9.67. The lowest BCUT2D eigenvalue weighted by Crippen LogP contribution is -2.54. The van der Waals surface area contributed by atoms with E-state index < -0.39 is 11.7 Å². The SMILES string of the molecule is C[C@]12CCC[C@@]3(C)O[C@@]13C[C@@H]1[C@H](CN3CCN(c4cccc(C(F)(F)F)c4)CC3)C(=O)O[C@@H]1C2. The van der Waals surface area contributed by atoms with Gasteiger partial charge in [0.2, 0.25) is 0 Å². The number of piperazine rings is 1. The number of anilines is 1. The van der Waals surface area contributed by atoms with Crippen molar-refractivity contribution in [3.8, 4) is 0 Å². The molecule has 5 nitrogen and oxygen atoms in total. The molecule has 5 aliphatic rings. The number of halogens is 3. The number of carbonyl (C=O) groups excluding carboxylic acids is 1. The Labute approximate surface area is 198 Å². The highest BCUT2D eigenvalue weighted by atomic mass is 19.4. The average molecular weight is 479 g/mol. The van der Waals surface area contributed by atoms with Crippen LogP contribution in [0.5, 0.6) is 0 Å². The standard InChI is InChI=1S/C26H33F3N2O3/c1-23-7-4-8-24(2)25(23,34-24)14-19-20(22(32)33-21(19)15-23)16-30-9-11-31(12-10-30)18-6-3-5-17(13-18)26(27,28)29/h3,5-6,13,19-21H,4,7-12,14-16H2,1-2H3/t19-,20+,21-,23-,24-,25+/m1/s1. The topological polar surface area (TPSA) is 45.3 Å². The molecule has 0 amide bonds. The number of hydrogen-bond donors (Lipinski definition) is 0. The Kier molecular flexibility index (Phi) is 4.90. The van der Waals surface area contributed by atoms with Crippen molar-refractivity contribution in [2.24, 2.45) is 17.3 Å². The molecule has 0 N–H and O–H groups in total. The van der Waals surface area contributed by atoms with Crippen LogP contribution in [0.25, 0.3) is 0 Å². The van der Waals surface area contributed by atoms with Crippen molar-refractivity contribution in [1.82, 2.24) is 4.90 Å². The summed E-state index contributed by atoms with van der Waals surface area (Å²) in [5, 5.41) is 0. The van der Waals surface area contributed by atoms with Crippen molar-refractivity contribution in [3.05, 3.63) is 29.8 Å². The second kappa shape index (κ2) is 7.36. The number of alkyl halides is 3. The largest absolute Gasteiger partial charge is 0.462 e. The number of hydrogen-bond acceptors (Lipinski definition) is 5. The van der Waals surface area contributed by atoms with Gasteiger partial charge in [0.15, 0.2) is 0 Å². The van der Waals surface area contributed by atoms with Crippen molar-refractivity contribution in [1.29, 1.82) is 0 Å². The molecule has 0 bridgehead atoms. The highest BCUT2D eigenvalue weighted by molar-refractivity contribution is 5.76. The van der Waals surface area contributed by atoms with Crippen molar-refractivity contribution in [2.45, 2.75) is 69.4 Å². The molecule has 2 aliphatic carbocycles. The lowest BCUT2D eigenvalue weighted by Gasteiger charge is -2.48. The molecule has 2 saturated carbocycles. The van der Waals surface area contributed by atoms with Gasteiger partial charge in [0.25, 0.3) is 0 Å². The number of ether oxygens (including phenoxy) is 2. The van der Waals surface area contributed by atoms with E-state index in [-0.39, 0.29) is 40.5 Å². The van der Waals surface area contributed by atoms with Gasteiger partial charge >= 0.3 is 12.1 Å². The molecule has 3 heterocycles. The zero-order valence-corrected chi connectivity index (χ0v) is 19.9. The van der Waals surface area contributed by atoms with E-state index in [1.54, 1.807) is 6.07 Å². The molecule has 0 unspecified atom stereocenters. The van der Waals surface area contributed by atoms with Crippen LogP contribution in [-0.2, 0) is 20.4 Å². The quantitative estimate of drug-likeness (QED) is 0.473. The molecule has 6 rings (SSSR count). The lowest BCUT2D eigenvalue weighted by molar-refractivity contribution is -0.146. The van der Waals surface area contributed by atoms with E-state index in [9.17, 15) is 18.0 Å². The van der Waals surface area contributed by atoms with Crippen molar-refractivity contribution in [3.63, 3.8) is 0 Å². The predicted molar refractivity (Wildman–Crippen MR) is 120 cm³/mol. The number of rotatable bonds is 3. The zero-order valence-electron chi connectivity index (χ0n) is 19.9. The summed E-state index contributed by atoms with van der Waals surface area (Å²) in [5.74, 6) is -0.0577. The molecule has 1 aromatic rings. The Balaban J connectivity index is 1.11. The van der Waals surface area contributed by atoms with E-state index >= 15 is 0 Å². The Bertz CT molecular complexity index is 994. The summed E-state index contributed by atoms with van der Waals surface area (Å²) in [6.45, 7) is 7.93. The van der Waals surface area contributed by atoms with E-state index in [1.807, 2.05) is 4.90 Å². The van der Waals surface area contributed by atoms with Gasteiger partial charge < -0.3 is 14.4 Å². The van der Waals surface area contributed by atoms with E-state index in [1.165, 1.54) is 18.6 Å². The molecule has 0 radical (unpaired) electrons. The Morgan fingerprint density at radius 2 is 1.85 bits per heavy atom. The zero-order chi connectivity index (χ0) is 23.9. The molecule has 3 aliphatic heterocycles. The third-order valence-corrected chi connectivity index (χ3v) is 9.67. The number of fused-ring (bicyclic) bond motifs is 1. The minimum absolute atomic E-state index is 0.0222. The van der Waals surface area contributed by atoms with Crippen molar-refractivity contribution in [2.75, 3.05) is 37.6 Å². The minimum atomic E-state index is -4.34. The number of epoxide rings is 1. The maximum Gasteiger partial charge on any atom is 0.416 e. The van der Waals surface area contributed by atoms with Crippen LogP contribution in [0.3, 0.4) is 0 Å². The normalized spacial score (nSPS) is 42.0. The maximum absolute atomic E-state index is 13.1. The fourth-order valence-electron chi connectivity index (χ4n) is 7.72. The van der Waals surface area contributed by atoms with Crippen LogP contribution in [0.4, 0.5) is 18.9 Å². The van der Waals surface area contributed by atoms with E-state index in [0.29, 0.717) is 38.4 Å². The molecular formula is C26H33F3N2O3. The second-order valence-electron chi connectivity index (χ2n) is 11.6. The van der Waals surface area contributed by atoms with Crippen molar-refractivity contribution >= 4 is 11.7 Å². The van der Waals surface area contributed by atoms with Gasteiger partial charge in [0.05, 0.1) is 17.1 Å². The van der Waals surface area contributed by atoms with Gasteiger partial charge in [-0.05, 0) is 57.2 Å². The minimum Gasteiger partial charge on any atom is -0.462 e. The summed E-state index contributed by atoms with van der Waals surface area (Å²) < 4.78 is 51.7. The molecule has 0 aromatic heterocycles. The van der Waals surface area contributed by atoms with Crippen LogP contribution in [0.15, 0.2) is 24.3 Å². The van der Waals surface area contributed by atoms with Gasteiger partial charge in [-0.25, -0.2) is 0 Å². The summed E-state index contributed by atoms with van der Waals surface area (Å²) in [5.41, 5.74) is -0.116. The summed E-state index contributed by atoms with van der Waals surface area (Å²) >= 11 is 0. The van der Waals surface area contributed by atoms with Crippen LogP contribution in [0.1, 0.15) is 51.5 Å². The Morgan fingerprint density at radius 1 is 1.09 bits per heavy atom. The molecule has 1 aromatic carbocycles. The van der Waals surface area contributed by atoms with Gasteiger partial charge in [-0.3, -0.25) is 9.69 Å². The number of nitrogens with zero attached hydrogens (tertiary/aromatic N) is 2. The fraction of sp³-hybridized carbons (Fsp3) is 0.731. The summed E-state index contributed by atoms with van der Waals surface area (Å²) in [6, 6.07) is 5.54. The molecule has 8 heteroatoms. The average Bonchev–Trinajstić information content (AvgIpc) is 3.31. The molecule has 6 atom stereocenters. The summed E-state index contributed by atoms with van der Waals surface area (Å²) in [7, 11) is 0. The first-order chi connectivity index (χ1) is 16.0. The Morgan fingerprint density at radius 3 is 2.59 bits per heavy atom. The predicted octanol–water partition coefficient (Wildman–Crippen LogP) is 4.50. The van der Waals surface area contributed by atoms with Gasteiger partial charge in [0.1, 0.15) is 11.7 Å². The number of esters is 1. The maximum atomic E-state index is 13.1. The molecule has 186 valence electrons. The van der Waals surface area contributed by atoms with Gasteiger partial charge in [-0.15, -0.1) is 0 Å². The number of benzene rings is 1. The summed E-state index contributed by atoms with van der Waals surface area (Å²) in [6.07, 6.45) is 0.810. The molecule has 3 saturated heterocycles. The lowest BCUT2D eigenvalue weighted by atomic mass is 9.53. The highest BCUT2D eigenvalue weighted by Gasteiger charge is 2.79. The first-order valence-electron chi connectivity index (χ1n) is 12.6. The first-order valence-corrected chi connectivity index (χ1v) is 12.6. The number of carbonyl (C=O) groups is 1. The van der Waals surface area contributed by atoms with Gasteiger partial charge in [-0.1, -0.05) is 13.0 Å². The molecular weight excluding hydrogens is 445 g/mol. The fourth-order valence-corrected chi connectivity index (χ4v) is 7.72. The van der Waals surface area contributed by atoms with E-state index in [2.05, 4.69) is 18.7 Å². The second-order valence-corrected chi connectivity index (χ2v) is 11.6. The van der Waals surface area contributed by atoms with Crippen LogP contribution >= 0.6 is 0 Å². The molecule has 1 spiro atoms. The van der Waals surface area contributed by atoms with Crippen LogP contribution < -0.4 is 4.90 Å². The first kappa shape index (κ1) is 22.7. The monoisotopic (exact) mass is 478 g/mol. The van der Waals surface area contributed by atoms with Crippen LogP contribution in [-0.4, -0.2) is 60.9 Å². The smallest absolute Gasteiger partial charge is 0.416 e. The van der Waals surface area contributed by atoms with Crippen LogP contribution in [0.2, 0.25) is 0 Å².